The van der Waals surface area contributed by atoms with Crippen molar-refractivity contribution in [1.29, 1.82) is 0 Å². The van der Waals surface area contributed by atoms with Gasteiger partial charge in [0, 0.05) is 6.54 Å². The smallest absolute Gasteiger partial charge is 0.117 e. The van der Waals surface area contributed by atoms with Crippen molar-refractivity contribution in [3.8, 4) is 0 Å². The van der Waals surface area contributed by atoms with Crippen molar-refractivity contribution >= 4 is 0 Å². The Labute approximate surface area is 97.9 Å². The first-order valence-electron chi connectivity index (χ1n) is 5.83. The van der Waals surface area contributed by atoms with E-state index in [0.717, 1.165) is 31.0 Å². The largest absolute Gasteiger partial charge is 0.465 e. The van der Waals surface area contributed by atoms with Gasteiger partial charge in [0.15, 0.2) is 0 Å². The number of nitrogens with one attached hydrogen (secondary N) is 1. The van der Waals surface area contributed by atoms with Gasteiger partial charge in [-0.2, -0.15) is 0 Å². The molecule has 0 fully saturated rings. The third kappa shape index (κ3) is 4.81. The van der Waals surface area contributed by atoms with Crippen LogP contribution in [0.25, 0.3) is 0 Å². The molecule has 92 valence electrons. The standard InChI is InChI=1S/C13H23NO2/c1-10(15)7-13(3,4)9-14-8-12-6-5-11(2)16-12/h5-6,10,14-15H,7-9H2,1-4H3. The van der Waals surface area contributed by atoms with Gasteiger partial charge < -0.3 is 14.8 Å². The molecule has 1 aromatic heterocycles. The second kappa shape index (κ2) is 5.51. The Kier molecular flexibility index (Phi) is 4.56. The highest BCUT2D eigenvalue weighted by molar-refractivity contribution is 5.05. The van der Waals surface area contributed by atoms with Crippen LogP contribution in [0.1, 0.15) is 38.7 Å². The third-order valence-electron chi connectivity index (χ3n) is 2.55. The summed E-state index contributed by atoms with van der Waals surface area (Å²) in [5, 5.41) is 12.7. The Balaban J connectivity index is 2.29. The first-order valence-corrected chi connectivity index (χ1v) is 5.83. The fourth-order valence-electron chi connectivity index (χ4n) is 1.98. The van der Waals surface area contributed by atoms with E-state index in [1.807, 2.05) is 26.0 Å². The van der Waals surface area contributed by atoms with Gasteiger partial charge in [-0.1, -0.05) is 13.8 Å². The van der Waals surface area contributed by atoms with Crippen LogP contribution in [0.5, 0.6) is 0 Å². The van der Waals surface area contributed by atoms with Gasteiger partial charge in [-0.05, 0) is 37.8 Å². The molecule has 2 N–H and O–H groups in total. The van der Waals surface area contributed by atoms with E-state index in [0.29, 0.717) is 0 Å². The molecule has 0 saturated carbocycles. The average Bonchev–Trinajstić information content (AvgIpc) is 2.48. The Morgan fingerprint density at radius 3 is 2.62 bits per heavy atom. The molecular formula is C13H23NO2. The minimum absolute atomic E-state index is 0.107. The van der Waals surface area contributed by atoms with Crippen LogP contribution >= 0.6 is 0 Å². The maximum absolute atomic E-state index is 9.36. The molecule has 0 bridgehead atoms. The quantitative estimate of drug-likeness (QED) is 0.781. The van der Waals surface area contributed by atoms with Gasteiger partial charge in [-0.25, -0.2) is 0 Å². The molecule has 0 aliphatic carbocycles. The molecule has 0 aliphatic rings. The molecule has 0 saturated heterocycles. The molecule has 1 rings (SSSR count). The maximum Gasteiger partial charge on any atom is 0.117 e. The van der Waals surface area contributed by atoms with E-state index in [1.165, 1.54) is 0 Å². The lowest BCUT2D eigenvalue weighted by atomic mass is 9.87. The van der Waals surface area contributed by atoms with E-state index in [4.69, 9.17) is 4.42 Å². The van der Waals surface area contributed by atoms with Gasteiger partial charge >= 0.3 is 0 Å². The van der Waals surface area contributed by atoms with Crippen LogP contribution in [0.3, 0.4) is 0 Å². The highest BCUT2D eigenvalue weighted by Crippen LogP contribution is 2.21. The van der Waals surface area contributed by atoms with E-state index in [9.17, 15) is 5.11 Å². The summed E-state index contributed by atoms with van der Waals surface area (Å²) in [5.41, 5.74) is 0.107. The Morgan fingerprint density at radius 1 is 1.44 bits per heavy atom. The molecule has 3 nitrogen and oxygen atoms in total. The molecule has 0 aromatic carbocycles. The number of hydrogen-bond acceptors (Lipinski definition) is 3. The van der Waals surface area contributed by atoms with Crippen LogP contribution in [-0.2, 0) is 6.54 Å². The van der Waals surface area contributed by atoms with Gasteiger partial charge in [-0.15, -0.1) is 0 Å². The van der Waals surface area contributed by atoms with E-state index >= 15 is 0 Å². The van der Waals surface area contributed by atoms with Crippen LogP contribution in [-0.4, -0.2) is 17.8 Å². The summed E-state index contributed by atoms with van der Waals surface area (Å²) >= 11 is 0. The van der Waals surface area contributed by atoms with Crippen LogP contribution in [0.15, 0.2) is 16.5 Å². The van der Waals surface area contributed by atoms with Gasteiger partial charge in [0.25, 0.3) is 0 Å². The summed E-state index contributed by atoms with van der Waals surface area (Å²) in [5.74, 6) is 1.91. The Hall–Kier alpha value is -0.800. The van der Waals surface area contributed by atoms with Gasteiger partial charge in [0.1, 0.15) is 11.5 Å². The van der Waals surface area contributed by atoms with Crippen molar-refractivity contribution in [3.63, 3.8) is 0 Å². The molecule has 0 radical (unpaired) electrons. The first kappa shape index (κ1) is 13.3. The molecule has 3 heteroatoms. The molecule has 1 unspecified atom stereocenters. The summed E-state index contributed by atoms with van der Waals surface area (Å²) in [6.07, 6.45) is 0.555. The first-order chi connectivity index (χ1) is 7.39. The summed E-state index contributed by atoms with van der Waals surface area (Å²) in [6.45, 7) is 9.70. The SMILES string of the molecule is Cc1ccc(CNCC(C)(C)CC(C)O)o1. The Bertz CT molecular complexity index is 315. The van der Waals surface area contributed by atoms with Gasteiger partial charge in [-0.3, -0.25) is 0 Å². The summed E-state index contributed by atoms with van der Waals surface area (Å²) in [6, 6.07) is 3.96. The summed E-state index contributed by atoms with van der Waals surface area (Å²) < 4.78 is 5.47. The number of rotatable bonds is 6. The van der Waals surface area contributed by atoms with Gasteiger partial charge in [0.05, 0.1) is 12.6 Å². The zero-order valence-electron chi connectivity index (χ0n) is 10.7. The van der Waals surface area contributed by atoms with Crippen molar-refractivity contribution in [2.45, 2.75) is 46.8 Å². The van der Waals surface area contributed by atoms with Crippen LogP contribution < -0.4 is 5.32 Å². The topological polar surface area (TPSA) is 45.4 Å². The second-order valence-corrected chi connectivity index (χ2v) is 5.33. The van der Waals surface area contributed by atoms with Crippen LogP contribution in [0, 0.1) is 12.3 Å². The van der Waals surface area contributed by atoms with Crippen molar-refractivity contribution in [2.75, 3.05) is 6.54 Å². The predicted octanol–water partition coefficient (Wildman–Crippen LogP) is 2.47. The number of aliphatic hydroxyl groups is 1. The number of furan rings is 1. The molecule has 1 aromatic rings. The van der Waals surface area contributed by atoms with E-state index in [2.05, 4.69) is 19.2 Å². The summed E-state index contributed by atoms with van der Waals surface area (Å²) in [4.78, 5) is 0. The number of aryl methyl sites for hydroxylation is 1. The molecule has 1 heterocycles. The fourth-order valence-corrected chi connectivity index (χ4v) is 1.98. The summed E-state index contributed by atoms with van der Waals surface area (Å²) in [7, 11) is 0. The lowest BCUT2D eigenvalue weighted by Crippen LogP contribution is -2.31. The lowest BCUT2D eigenvalue weighted by Gasteiger charge is -2.26. The Morgan fingerprint density at radius 2 is 2.12 bits per heavy atom. The second-order valence-electron chi connectivity index (χ2n) is 5.33. The van der Waals surface area contributed by atoms with E-state index in [1.54, 1.807) is 0 Å². The lowest BCUT2D eigenvalue weighted by molar-refractivity contribution is 0.128. The predicted molar refractivity (Wildman–Crippen MR) is 65.2 cm³/mol. The molecule has 16 heavy (non-hydrogen) atoms. The average molecular weight is 225 g/mol. The molecular weight excluding hydrogens is 202 g/mol. The normalized spacial score (nSPS) is 14.1. The fraction of sp³-hybridized carbons (Fsp3) is 0.692. The molecule has 0 amide bonds. The van der Waals surface area contributed by atoms with Crippen molar-refractivity contribution in [3.05, 3.63) is 23.7 Å². The molecule has 0 aliphatic heterocycles. The van der Waals surface area contributed by atoms with Crippen molar-refractivity contribution < 1.29 is 9.52 Å². The monoisotopic (exact) mass is 225 g/mol. The van der Waals surface area contributed by atoms with E-state index < -0.39 is 0 Å². The third-order valence-corrected chi connectivity index (χ3v) is 2.55. The minimum atomic E-state index is -0.248. The molecule has 1 atom stereocenters. The van der Waals surface area contributed by atoms with Crippen molar-refractivity contribution in [1.82, 2.24) is 5.32 Å². The van der Waals surface area contributed by atoms with Crippen LogP contribution in [0.2, 0.25) is 0 Å². The zero-order chi connectivity index (χ0) is 12.2. The van der Waals surface area contributed by atoms with Gasteiger partial charge in [0.2, 0.25) is 0 Å². The van der Waals surface area contributed by atoms with Crippen LogP contribution in [0.4, 0.5) is 0 Å². The van der Waals surface area contributed by atoms with Crippen molar-refractivity contribution in [2.24, 2.45) is 5.41 Å². The molecule has 0 spiro atoms. The zero-order valence-corrected chi connectivity index (χ0v) is 10.7. The highest BCUT2D eigenvalue weighted by Gasteiger charge is 2.19. The minimum Gasteiger partial charge on any atom is -0.465 e. The maximum atomic E-state index is 9.36. The highest BCUT2D eigenvalue weighted by atomic mass is 16.3. The number of aliphatic hydroxyl groups excluding tert-OH is 1. The number of hydrogen-bond donors (Lipinski definition) is 2. The van der Waals surface area contributed by atoms with E-state index in [-0.39, 0.29) is 11.5 Å².